The van der Waals surface area contributed by atoms with E-state index >= 15 is 0 Å². The molecule has 0 aliphatic heterocycles. The number of pyridine rings is 1. The molecule has 0 atom stereocenters. The van der Waals surface area contributed by atoms with Crippen LogP contribution in [0.5, 0.6) is 0 Å². The van der Waals surface area contributed by atoms with Crippen molar-refractivity contribution in [3.63, 3.8) is 0 Å². The molecule has 200 valence electrons. The average molecular weight is 529 g/mol. The van der Waals surface area contributed by atoms with Crippen LogP contribution in [0.15, 0.2) is 48.7 Å². The minimum Gasteiger partial charge on any atom is -0.465 e. The lowest BCUT2D eigenvalue weighted by atomic mass is 9.64. The number of amides is 1. The number of methoxy groups -OCH3 is 1. The average Bonchev–Trinajstić information content (AvgIpc) is 2.85. The molecule has 2 heterocycles. The van der Waals surface area contributed by atoms with Gasteiger partial charge in [-0.2, -0.15) is 0 Å². The summed E-state index contributed by atoms with van der Waals surface area (Å²) in [4.78, 5) is 30.4. The van der Waals surface area contributed by atoms with Crippen LogP contribution in [0.3, 0.4) is 0 Å². The monoisotopic (exact) mass is 528 g/mol. The molecule has 11 heteroatoms. The number of nitrogens with zero attached hydrogens (tertiary/aromatic N) is 4. The van der Waals surface area contributed by atoms with Gasteiger partial charge in [-0.3, -0.25) is 9.88 Å². The third-order valence-corrected chi connectivity index (χ3v) is 6.15. The Morgan fingerprint density at radius 3 is 2.39 bits per heavy atom. The second kappa shape index (κ2) is 10.4. The molecular formula is C27H27F3N4O4. The third kappa shape index (κ3) is 5.61. The molecule has 8 nitrogen and oxygen atoms in total. The zero-order valence-corrected chi connectivity index (χ0v) is 21.4. The topological polar surface area (TPSA) is 94.5 Å². The highest BCUT2D eigenvalue weighted by atomic mass is 19.1. The Labute approximate surface area is 217 Å². The molecule has 0 N–H and O–H groups in total. The SMILES string of the molecule is COC(=O)c1ccc(F)c(-c2ccc(N(C[C@]3(c4ncccc4F)C[C@@H](F)C3)C(=O)OC(C)(C)C)nn2)c1. The van der Waals surface area contributed by atoms with Gasteiger partial charge in [-0.05, 0) is 76.1 Å². The number of hydrogen-bond acceptors (Lipinski definition) is 7. The van der Waals surface area contributed by atoms with Gasteiger partial charge in [0.25, 0.3) is 0 Å². The Balaban J connectivity index is 1.71. The van der Waals surface area contributed by atoms with Crippen molar-refractivity contribution in [1.82, 2.24) is 15.2 Å². The fourth-order valence-electron chi connectivity index (χ4n) is 4.40. The van der Waals surface area contributed by atoms with Crippen LogP contribution in [-0.2, 0) is 14.9 Å². The normalized spacial score (nSPS) is 18.9. The molecule has 1 aliphatic carbocycles. The number of carbonyl (C=O) groups excluding carboxylic acids is 2. The molecule has 1 fully saturated rings. The lowest BCUT2D eigenvalue weighted by molar-refractivity contribution is 0.0506. The molecule has 38 heavy (non-hydrogen) atoms. The molecule has 0 spiro atoms. The first kappa shape index (κ1) is 27.0. The van der Waals surface area contributed by atoms with Gasteiger partial charge in [0.05, 0.1) is 24.1 Å². The summed E-state index contributed by atoms with van der Waals surface area (Å²) in [7, 11) is 1.21. The van der Waals surface area contributed by atoms with E-state index in [1.54, 1.807) is 20.8 Å². The summed E-state index contributed by atoms with van der Waals surface area (Å²) in [6.45, 7) is 4.88. The highest BCUT2D eigenvalue weighted by Crippen LogP contribution is 2.46. The van der Waals surface area contributed by atoms with E-state index in [2.05, 4.69) is 19.9 Å². The van der Waals surface area contributed by atoms with Gasteiger partial charge in [-0.1, -0.05) is 0 Å². The highest BCUT2D eigenvalue weighted by molar-refractivity contribution is 5.91. The van der Waals surface area contributed by atoms with Crippen molar-refractivity contribution in [2.75, 3.05) is 18.6 Å². The number of ether oxygens (including phenoxy) is 2. The Hall–Kier alpha value is -4.02. The zero-order chi connectivity index (χ0) is 27.7. The number of hydrogen-bond donors (Lipinski definition) is 0. The number of alkyl halides is 1. The van der Waals surface area contributed by atoms with Crippen LogP contribution in [-0.4, -0.2) is 52.7 Å². The summed E-state index contributed by atoms with van der Waals surface area (Å²) in [5.74, 6) is -1.86. The molecule has 1 saturated carbocycles. The fourth-order valence-corrected chi connectivity index (χ4v) is 4.40. The van der Waals surface area contributed by atoms with E-state index in [-0.39, 0.29) is 47.7 Å². The molecule has 1 amide bonds. The molecule has 0 unspecified atom stereocenters. The number of benzene rings is 1. The van der Waals surface area contributed by atoms with Crippen molar-refractivity contribution in [2.24, 2.45) is 0 Å². The number of carbonyl (C=O) groups is 2. The Kier molecular flexibility index (Phi) is 7.39. The largest absolute Gasteiger partial charge is 0.465 e. The summed E-state index contributed by atoms with van der Waals surface area (Å²) in [6.07, 6.45) is -0.657. The second-order valence-electron chi connectivity index (χ2n) is 10.1. The predicted molar refractivity (Wildman–Crippen MR) is 132 cm³/mol. The summed E-state index contributed by atoms with van der Waals surface area (Å²) in [5.41, 5.74) is -1.71. The molecule has 0 bridgehead atoms. The molecule has 2 aromatic heterocycles. The van der Waals surface area contributed by atoms with E-state index in [1.807, 2.05) is 0 Å². The number of rotatable bonds is 6. The van der Waals surface area contributed by atoms with Crippen molar-refractivity contribution >= 4 is 17.9 Å². The lowest BCUT2D eigenvalue weighted by Gasteiger charge is -2.46. The lowest BCUT2D eigenvalue weighted by Crippen LogP contribution is -2.54. The van der Waals surface area contributed by atoms with Crippen molar-refractivity contribution in [1.29, 1.82) is 0 Å². The van der Waals surface area contributed by atoms with Gasteiger partial charge in [0, 0.05) is 23.7 Å². The molecule has 0 saturated heterocycles. The summed E-state index contributed by atoms with van der Waals surface area (Å²) < 4.78 is 53.7. The van der Waals surface area contributed by atoms with Crippen LogP contribution >= 0.6 is 0 Å². The van der Waals surface area contributed by atoms with E-state index in [0.717, 1.165) is 11.0 Å². The molecule has 0 radical (unpaired) electrons. The van der Waals surface area contributed by atoms with E-state index < -0.39 is 40.9 Å². The van der Waals surface area contributed by atoms with Crippen LogP contribution in [0.4, 0.5) is 23.8 Å². The van der Waals surface area contributed by atoms with Gasteiger partial charge in [-0.15, -0.1) is 10.2 Å². The smallest absolute Gasteiger partial charge is 0.416 e. The minimum atomic E-state index is -1.18. The Morgan fingerprint density at radius 2 is 1.82 bits per heavy atom. The van der Waals surface area contributed by atoms with Gasteiger partial charge in [0.1, 0.15) is 23.4 Å². The van der Waals surface area contributed by atoms with Gasteiger partial charge < -0.3 is 9.47 Å². The molecule has 1 aromatic carbocycles. The van der Waals surface area contributed by atoms with Crippen LogP contribution < -0.4 is 4.90 Å². The maximum Gasteiger partial charge on any atom is 0.416 e. The Bertz CT molecular complexity index is 1340. The predicted octanol–water partition coefficient (Wildman–Crippen LogP) is 5.41. The third-order valence-electron chi connectivity index (χ3n) is 6.15. The number of anilines is 1. The number of esters is 1. The van der Waals surface area contributed by atoms with Crippen molar-refractivity contribution in [3.8, 4) is 11.3 Å². The molecule has 4 rings (SSSR count). The number of halogens is 3. The molecule has 1 aliphatic rings. The first-order valence-corrected chi connectivity index (χ1v) is 11.9. The van der Waals surface area contributed by atoms with Crippen LogP contribution in [0.1, 0.15) is 49.7 Å². The quantitative estimate of drug-likeness (QED) is 0.395. The minimum absolute atomic E-state index is 0.00191. The van der Waals surface area contributed by atoms with Crippen LogP contribution in [0.2, 0.25) is 0 Å². The first-order chi connectivity index (χ1) is 17.9. The molecule has 3 aromatic rings. The summed E-state index contributed by atoms with van der Waals surface area (Å²) in [5, 5.41) is 8.16. The first-order valence-electron chi connectivity index (χ1n) is 11.9. The van der Waals surface area contributed by atoms with Gasteiger partial charge in [-0.25, -0.2) is 22.8 Å². The summed E-state index contributed by atoms with van der Waals surface area (Å²) in [6, 6.07) is 9.19. The van der Waals surface area contributed by atoms with Gasteiger partial charge in [0.2, 0.25) is 0 Å². The second-order valence-corrected chi connectivity index (χ2v) is 10.1. The van der Waals surface area contributed by atoms with Crippen molar-refractivity contribution in [3.05, 3.63) is 71.6 Å². The summed E-state index contributed by atoms with van der Waals surface area (Å²) >= 11 is 0. The zero-order valence-electron chi connectivity index (χ0n) is 21.4. The van der Waals surface area contributed by atoms with E-state index in [4.69, 9.17) is 4.74 Å². The van der Waals surface area contributed by atoms with Crippen LogP contribution in [0, 0.1) is 11.6 Å². The standard InChI is InChI=1S/C27H27F3N4O4/c1-26(2,3)38-25(36)34(15-27(13-17(28)14-27)23-20(30)6-5-11-31-23)22-10-9-21(32-33-22)18-12-16(24(35)37-4)7-8-19(18)29/h5-12,17H,13-15H2,1-4H3/t17-,27+. The number of aromatic nitrogens is 3. The highest BCUT2D eigenvalue weighted by Gasteiger charge is 2.51. The Morgan fingerprint density at radius 1 is 1.08 bits per heavy atom. The van der Waals surface area contributed by atoms with Crippen LogP contribution in [0.25, 0.3) is 11.3 Å². The van der Waals surface area contributed by atoms with Gasteiger partial charge >= 0.3 is 12.1 Å². The van der Waals surface area contributed by atoms with Gasteiger partial charge in [0.15, 0.2) is 5.82 Å². The van der Waals surface area contributed by atoms with E-state index in [9.17, 15) is 22.8 Å². The van der Waals surface area contributed by atoms with E-state index in [0.29, 0.717) is 0 Å². The molecular weight excluding hydrogens is 501 g/mol. The van der Waals surface area contributed by atoms with Crippen molar-refractivity contribution in [2.45, 2.75) is 50.8 Å². The van der Waals surface area contributed by atoms with E-state index in [1.165, 1.54) is 49.7 Å². The maximum absolute atomic E-state index is 14.7. The maximum atomic E-state index is 14.7. The van der Waals surface area contributed by atoms with Crippen molar-refractivity contribution < 1.29 is 32.2 Å². The fraction of sp³-hybridized carbons (Fsp3) is 0.370.